The van der Waals surface area contributed by atoms with Crippen molar-refractivity contribution >= 4 is 32.6 Å². The summed E-state index contributed by atoms with van der Waals surface area (Å²) < 4.78 is 2.39. The zero-order valence-electron chi connectivity index (χ0n) is 19.0. The fraction of sp³-hybridized carbons (Fsp3) is 0. The van der Waals surface area contributed by atoms with Crippen molar-refractivity contribution in [1.82, 2.24) is 14.5 Å². The highest BCUT2D eigenvalue weighted by molar-refractivity contribution is 6.24. The largest absolute Gasteiger partial charge is 0.309 e. The lowest BCUT2D eigenvalue weighted by Crippen LogP contribution is -1.94. The van der Waals surface area contributed by atoms with Crippen molar-refractivity contribution in [3.05, 3.63) is 128 Å². The molecule has 0 fully saturated rings. The SMILES string of the molecule is c1ccc(-n2c3cc(-c4cccnc4)ccc3c3c4ccccc4c(-c4cccnc4)cc32)cc1. The Hall–Kier alpha value is -4.76. The Morgan fingerprint density at radius 1 is 0.486 bits per heavy atom. The Morgan fingerprint density at radius 2 is 1.20 bits per heavy atom. The van der Waals surface area contributed by atoms with Gasteiger partial charge in [-0.1, -0.05) is 66.7 Å². The number of hydrogen-bond acceptors (Lipinski definition) is 2. The van der Waals surface area contributed by atoms with E-state index >= 15 is 0 Å². The highest BCUT2D eigenvalue weighted by Crippen LogP contribution is 2.42. The van der Waals surface area contributed by atoms with Crippen LogP contribution in [0.1, 0.15) is 0 Å². The summed E-state index contributed by atoms with van der Waals surface area (Å²) in [7, 11) is 0. The normalized spacial score (nSPS) is 11.4. The first kappa shape index (κ1) is 19.7. The summed E-state index contributed by atoms with van der Waals surface area (Å²) in [6.45, 7) is 0. The van der Waals surface area contributed by atoms with Gasteiger partial charge in [0.25, 0.3) is 0 Å². The maximum Gasteiger partial charge on any atom is 0.0553 e. The molecule has 0 atom stereocenters. The van der Waals surface area contributed by atoms with E-state index in [1.165, 1.54) is 38.1 Å². The predicted molar refractivity (Wildman–Crippen MR) is 145 cm³/mol. The number of pyridine rings is 2. The molecule has 0 saturated carbocycles. The van der Waals surface area contributed by atoms with Crippen molar-refractivity contribution in [2.45, 2.75) is 0 Å². The minimum Gasteiger partial charge on any atom is -0.309 e. The molecule has 3 heterocycles. The van der Waals surface area contributed by atoms with Crippen LogP contribution in [0.25, 0.3) is 60.5 Å². The van der Waals surface area contributed by atoms with E-state index < -0.39 is 0 Å². The number of benzene rings is 4. The molecule has 0 aliphatic rings. The Kier molecular flexibility index (Phi) is 4.46. The van der Waals surface area contributed by atoms with E-state index in [0.717, 1.165) is 22.4 Å². The van der Waals surface area contributed by atoms with Gasteiger partial charge < -0.3 is 4.57 Å². The molecule has 0 aliphatic heterocycles. The summed E-state index contributed by atoms with van der Waals surface area (Å²) in [5.41, 5.74) is 8.08. The fourth-order valence-electron chi connectivity index (χ4n) is 5.21. The van der Waals surface area contributed by atoms with Crippen LogP contribution in [0.4, 0.5) is 0 Å². The molecule has 0 spiro atoms. The van der Waals surface area contributed by atoms with Crippen molar-refractivity contribution < 1.29 is 0 Å². The highest BCUT2D eigenvalue weighted by atomic mass is 15.0. The van der Waals surface area contributed by atoms with Crippen LogP contribution in [0.2, 0.25) is 0 Å². The van der Waals surface area contributed by atoms with E-state index in [2.05, 4.69) is 106 Å². The molecule has 3 aromatic heterocycles. The van der Waals surface area contributed by atoms with Gasteiger partial charge in [-0.25, -0.2) is 0 Å². The van der Waals surface area contributed by atoms with Gasteiger partial charge in [-0.15, -0.1) is 0 Å². The lowest BCUT2D eigenvalue weighted by atomic mass is 9.95. The summed E-state index contributed by atoms with van der Waals surface area (Å²) in [6, 6.07) is 36.6. The summed E-state index contributed by atoms with van der Waals surface area (Å²) in [5, 5.41) is 4.99. The molecule has 0 N–H and O–H groups in total. The third-order valence-corrected chi connectivity index (χ3v) is 6.75. The van der Waals surface area contributed by atoms with Gasteiger partial charge in [-0.3, -0.25) is 9.97 Å². The van der Waals surface area contributed by atoms with Crippen molar-refractivity contribution in [2.24, 2.45) is 0 Å². The molecular weight excluding hydrogens is 426 g/mol. The van der Waals surface area contributed by atoms with Gasteiger partial charge in [0.05, 0.1) is 11.0 Å². The van der Waals surface area contributed by atoms with Crippen LogP contribution in [-0.2, 0) is 0 Å². The highest BCUT2D eigenvalue weighted by Gasteiger charge is 2.18. The number of nitrogens with zero attached hydrogens (tertiary/aromatic N) is 3. The standard InChI is InChI=1S/C32H21N3/c1-2-10-25(11-3-1)35-30-18-22(23-8-6-16-33-20-23)14-15-28(30)32-27-13-5-4-12-26(27)29(19-31(32)35)24-9-7-17-34-21-24/h1-21H. The first-order valence-electron chi connectivity index (χ1n) is 11.7. The monoisotopic (exact) mass is 447 g/mol. The van der Waals surface area contributed by atoms with E-state index in [1.54, 1.807) is 0 Å². The van der Waals surface area contributed by atoms with Crippen LogP contribution in [0.5, 0.6) is 0 Å². The molecule has 0 amide bonds. The van der Waals surface area contributed by atoms with Crippen LogP contribution in [0.3, 0.4) is 0 Å². The molecule has 7 aromatic rings. The van der Waals surface area contributed by atoms with E-state index in [9.17, 15) is 0 Å². The molecule has 0 bridgehead atoms. The number of para-hydroxylation sites is 1. The summed E-state index contributed by atoms with van der Waals surface area (Å²) >= 11 is 0. The number of aromatic nitrogens is 3. The van der Waals surface area contributed by atoms with Crippen LogP contribution in [0.15, 0.2) is 128 Å². The van der Waals surface area contributed by atoms with Gasteiger partial charge in [0.15, 0.2) is 0 Å². The second-order valence-corrected chi connectivity index (χ2v) is 8.75. The zero-order chi connectivity index (χ0) is 23.2. The maximum absolute atomic E-state index is 4.40. The Bertz CT molecular complexity index is 1820. The third-order valence-electron chi connectivity index (χ3n) is 6.75. The first-order valence-corrected chi connectivity index (χ1v) is 11.7. The molecular formula is C32H21N3. The number of fused-ring (bicyclic) bond motifs is 5. The molecule has 0 unspecified atom stereocenters. The molecule has 4 aromatic carbocycles. The van der Waals surface area contributed by atoms with Gasteiger partial charge >= 0.3 is 0 Å². The van der Waals surface area contributed by atoms with E-state index in [4.69, 9.17) is 0 Å². The van der Waals surface area contributed by atoms with Gasteiger partial charge in [-0.05, 0) is 58.3 Å². The van der Waals surface area contributed by atoms with Crippen LogP contribution in [0, 0.1) is 0 Å². The second-order valence-electron chi connectivity index (χ2n) is 8.75. The zero-order valence-corrected chi connectivity index (χ0v) is 19.0. The summed E-state index contributed by atoms with van der Waals surface area (Å²) in [6.07, 6.45) is 7.51. The smallest absolute Gasteiger partial charge is 0.0553 e. The molecule has 3 nitrogen and oxygen atoms in total. The van der Waals surface area contributed by atoms with Crippen molar-refractivity contribution in [2.75, 3.05) is 0 Å². The Balaban J connectivity index is 1.67. The van der Waals surface area contributed by atoms with Gasteiger partial charge in [0.1, 0.15) is 0 Å². The quantitative estimate of drug-likeness (QED) is 0.274. The molecule has 0 aliphatic carbocycles. The fourth-order valence-corrected chi connectivity index (χ4v) is 5.21. The Labute approximate surface area is 203 Å². The maximum atomic E-state index is 4.40. The van der Waals surface area contributed by atoms with Crippen molar-refractivity contribution in [3.63, 3.8) is 0 Å². The topological polar surface area (TPSA) is 30.7 Å². The van der Waals surface area contributed by atoms with Crippen LogP contribution >= 0.6 is 0 Å². The van der Waals surface area contributed by atoms with Gasteiger partial charge in [0.2, 0.25) is 0 Å². The summed E-state index contributed by atoms with van der Waals surface area (Å²) in [5.74, 6) is 0. The number of hydrogen-bond donors (Lipinski definition) is 0. The number of rotatable bonds is 3. The lowest BCUT2D eigenvalue weighted by Gasteiger charge is -2.12. The molecule has 35 heavy (non-hydrogen) atoms. The van der Waals surface area contributed by atoms with E-state index in [1.807, 2.05) is 36.9 Å². The molecule has 0 saturated heterocycles. The third kappa shape index (κ3) is 3.13. The molecule has 3 heteroatoms. The van der Waals surface area contributed by atoms with Gasteiger partial charge in [-0.2, -0.15) is 0 Å². The van der Waals surface area contributed by atoms with Crippen molar-refractivity contribution in [1.29, 1.82) is 0 Å². The van der Waals surface area contributed by atoms with E-state index in [-0.39, 0.29) is 0 Å². The first-order chi connectivity index (χ1) is 17.4. The lowest BCUT2D eigenvalue weighted by molar-refractivity contribution is 1.18. The predicted octanol–water partition coefficient (Wildman–Crippen LogP) is 8.06. The molecule has 0 radical (unpaired) electrons. The van der Waals surface area contributed by atoms with Crippen LogP contribution < -0.4 is 0 Å². The van der Waals surface area contributed by atoms with Crippen LogP contribution in [-0.4, -0.2) is 14.5 Å². The van der Waals surface area contributed by atoms with Crippen molar-refractivity contribution in [3.8, 4) is 27.9 Å². The minimum atomic E-state index is 1.11. The second kappa shape index (κ2) is 7.93. The minimum absolute atomic E-state index is 1.11. The van der Waals surface area contributed by atoms with Gasteiger partial charge in [0, 0.05) is 52.4 Å². The Morgan fingerprint density at radius 3 is 1.94 bits per heavy atom. The van der Waals surface area contributed by atoms with E-state index in [0.29, 0.717) is 0 Å². The molecule has 7 rings (SSSR count). The molecule has 164 valence electrons. The average molecular weight is 448 g/mol. The summed E-state index contributed by atoms with van der Waals surface area (Å²) in [4.78, 5) is 8.74. The average Bonchev–Trinajstić information content (AvgIpc) is 3.27.